The van der Waals surface area contributed by atoms with Gasteiger partial charge in [0.15, 0.2) is 15.7 Å². The first kappa shape index (κ1) is 17.8. The Hall–Kier alpha value is -1.99. The number of aryl methyl sites for hydroxylation is 1. The van der Waals surface area contributed by atoms with Crippen molar-refractivity contribution in [1.82, 2.24) is 10.1 Å². The van der Waals surface area contributed by atoms with E-state index in [0.717, 1.165) is 16.0 Å². The van der Waals surface area contributed by atoms with Crippen LogP contribution in [0.5, 0.6) is 0 Å². The fourth-order valence-corrected chi connectivity index (χ4v) is 4.58. The van der Waals surface area contributed by atoms with Crippen molar-refractivity contribution in [1.29, 1.82) is 0 Å². The number of nitrogens with zero attached hydrogens (tertiary/aromatic N) is 2. The zero-order chi connectivity index (χ0) is 18.2. The average Bonchev–Trinajstić information content (AvgIpc) is 3.16. The summed E-state index contributed by atoms with van der Waals surface area (Å²) in [7, 11) is -3.56. The van der Waals surface area contributed by atoms with E-state index in [2.05, 4.69) is 30.9 Å². The topological polar surface area (TPSA) is 73.1 Å². The fraction of sp³-hybridized carbons (Fsp3) is 0.333. The molecule has 3 rings (SSSR count). The van der Waals surface area contributed by atoms with Gasteiger partial charge in [-0.1, -0.05) is 44.1 Å². The van der Waals surface area contributed by atoms with E-state index in [-0.39, 0.29) is 17.0 Å². The Morgan fingerprint density at radius 1 is 1.20 bits per heavy atom. The van der Waals surface area contributed by atoms with Crippen molar-refractivity contribution in [3.8, 4) is 10.8 Å². The first-order valence-corrected chi connectivity index (χ1v) is 10.4. The Morgan fingerprint density at radius 2 is 1.96 bits per heavy atom. The summed E-state index contributed by atoms with van der Waals surface area (Å²) in [6.45, 7) is 7.97. The summed E-state index contributed by atoms with van der Waals surface area (Å²) in [5.74, 6) is 0.236. The van der Waals surface area contributed by atoms with E-state index in [1.165, 1.54) is 11.3 Å². The second kappa shape index (κ2) is 6.38. The molecule has 0 N–H and O–H groups in total. The van der Waals surface area contributed by atoms with Crippen molar-refractivity contribution in [2.24, 2.45) is 0 Å². The molecule has 25 heavy (non-hydrogen) atoms. The molecular weight excluding hydrogens is 356 g/mol. The third-order valence-corrected chi connectivity index (χ3v) is 6.51. The fourth-order valence-electron chi connectivity index (χ4n) is 2.46. The lowest BCUT2D eigenvalue weighted by molar-refractivity contribution is 0.425. The van der Waals surface area contributed by atoms with Gasteiger partial charge in [0.25, 0.3) is 5.89 Å². The van der Waals surface area contributed by atoms with Crippen LogP contribution in [0.25, 0.3) is 10.8 Å². The molecule has 1 aromatic carbocycles. The molecule has 0 aliphatic rings. The Kier molecular flexibility index (Phi) is 4.55. The molecule has 0 bridgehead atoms. The molecule has 2 aromatic heterocycles. The predicted octanol–water partition coefficient (Wildman–Crippen LogP) is 4.38. The largest absolute Gasteiger partial charge is 0.333 e. The van der Waals surface area contributed by atoms with Crippen LogP contribution in [0.3, 0.4) is 0 Å². The maximum atomic E-state index is 12.9. The van der Waals surface area contributed by atoms with Crippen LogP contribution < -0.4 is 0 Å². The average molecular weight is 377 g/mol. The number of rotatable bonds is 4. The van der Waals surface area contributed by atoms with Crippen LogP contribution >= 0.6 is 11.3 Å². The summed E-state index contributed by atoms with van der Waals surface area (Å²) in [6, 6.07) is 9.30. The summed E-state index contributed by atoms with van der Waals surface area (Å²) < 4.78 is 30.9. The van der Waals surface area contributed by atoms with Gasteiger partial charge in [0.2, 0.25) is 0 Å². The molecule has 0 saturated heterocycles. The highest BCUT2D eigenvalue weighted by Crippen LogP contribution is 2.29. The van der Waals surface area contributed by atoms with Crippen LogP contribution in [-0.4, -0.2) is 18.6 Å². The molecule has 5 nitrogen and oxygen atoms in total. The van der Waals surface area contributed by atoms with Crippen molar-refractivity contribution >= 4 is 21.2 Å². The van der Waals surface area contributed by atoms with Gasteiger partial charge in [-0.2, -0.15) is 4.98 Å². The summed E-state index contributed by atoms with van der Waals surface area (Å²) in [4.78, 5) is 5.36. The van der Waals surface area contributed by atoms with Gasteiger partial charge in [-0.05, 0) is 41.0 Å². The second-order valence-electron chi connectivity index (χ2n) is 6.98. The lowest BCUT2D eigenvalue weighted by atomic mass is 9.87. The molecule has 0 amide bonds. The Labute approximate surface area is 151 Å². The van der Waals surface area contributed by atoms with Crippen LogP contribution in [-0.2, 0) is 21.0 Å². The number of thiophene rings is 1. The highest BCUT2D eigenvalue weighted by atomic mass is 32.2. The van der Waals surface area contributed by atoms with Crippen molar-refractivity contribution in [3.63, 3.8) is 0 Å². The van der Waals surface area contributed by atoms with Gasteiger partial charge in [-0.15, -0.1) is 11.3 Å². The molecule has 2 heterocycles. The highest BCUT2D eigenvalue weighted by Gasteiger charge is 2.24. The van der Waals surface area contributed by atoms with E-state index in [9.17, 15) is 8.42 Å². The predicted molar refractivity (Wildman–Crippen MR) is 98.4 cm³/mol. The van der Waals surface area contributed by atoms with E-state index in [0.29, 0.717) is 10.8 Å². The SMILES string of the molecule is Cc1ccc(C(C)(C)C)cc1S(=O)(=O)Cc1noc(-c2cccs2)n1. The molecule has 0 atom stereocenters. The van der Waals surface area contributed by atoms with Crippen LogP contribution in [0, 0.1) is 6.92 Å². The Balaban J connectivity index is 1.92. The molecule has 0 fully saturated rings. The molecule has 0 radical (unpaired) electrons. The van der Waals surface area contributed by atoms with E-state index < -0.39 is 9.84 Å². The summed E-state index contributed by atoms with van der Waals surface area (Å²) in [5, 5.41) is 5.73. The van der Waals surface area contributed by atoms with Crippen LogP contribution in [0.4, 0.5) is 0 Å². The van der Waals surface area contributed by atoms with Crippen LogP contribution in [0.2, 0.25) is 0 Å². The minimum atomic E-state index is -3.56. The van der Waals surface area contributed by atoms with Crippen molar-refractivity contribution in [2.45, 2.75) is 43.8 Å². The minimum Gasteiger partial charge on any atom is -0.333 e. The number of benzene rings is 1. The summed E-state index contributed by atoms with van der Waals surface area (Å²) in [5.41, 5.74) is 1.57. The van der Waals surface area contributed by atoms with Gasteiger partial charge in [0, 0.05) is 0 Å². The third-order valence-electron chi connectivity index (χ3n) is 3.91. The zero-order valence-corrected chi connectivity index (χ0v) is 16.2. The van der Waals surface area contributed by atoms with Gasteiger partial charge < -0.3 is 4.52 Å². The number of hydrogen-bond acceptors (Lipinski definition) is 6. The maximum Gasteiger partial charge on any atom is 0.268 e. The summed E-state index contributed by atoms with van der Waals surface area (Å²) >= 11 is 1.47. The Bertz CT molecular complexity index is 982. The van der Waals surface area contributed by atoms with E-state index >= 15 is 0 Å². The number of sulfone groups is 1. The molecule has 0 saturated carbocycles. The molecule has 132 valence electrons. The molecule has 7 heteroatoms. The normalized spacial score (nSPS) is 12.5. The van der Waals surface area contributed by atoms with Crippen molar-refractivity contribution < 1.29 is 12.9 Å². The second-order valence-corrected chi connectivity index (χ2v) is 9.89. The molecule has 0 spiro atoms. The lowest BCUT2D eigenvalue weighted by Crippen LogP contribution is -2.14. The molecule has 0 aliphatic carbocycles. The first-order valence-electron chi connectivity index (χ1n) is 7.87. The maximum absolute atomic E-state index is 12.9. The van der Waals surface area contributed by atoms with Gasteiger partial charge in [-0.25, -0.2) is 8.42 Å². The lowest BCUT2D eigenvalue weighted by Gasteiger charge is -2.20. The molecule has 0 aliphatic heterocycles. The molecular formula is C18H20N2O3S2. The molecule has 0 unspecified atom stereocenters. The van der Waals surface area contributed by atoms with Gasteiger partial charge in [0.1, 0.15) is 5.75 Å². The zero-order valence-electron chi connectivity index (χ0n) is 14.6. The van der Waals surface area contributed by atoms with Gasteiger partial charge in [0.05, 0.1) is 9.77 Å². The monoisotopic (exact) mass is 376 g/mol. The quantitative estimate of drug-likeness (QED) is 0.676. The van der Waals surface area contributed by atoms with E-state index in [1.807, 2.05) is 29.6 Å². The van der Waals surface area contributed by atoms with Gasteiger partial charge in [-0.3, -0.25) is 0 Å². The molecule has 3 aromatic rings. The van der Waals surface area contributed by atoms with E-state index in [1.54, 1.807) is 13.0 Å². The number of aromatic nitrogens is 2. The van der Waals surface area contributed by atoms with Crippen LogP contribution in [0.15, 0.2) is 45.1 Å². The van der Waals surface area contributed by atoms with Crippen molar-refractivity contribution in [3.05, 3.63) is 52.7 Å². The standard InChI is InChI=1S/C18H20N2O3S2/c1-12-7-8-13(18(2,3)4)10-15(12)25(21,22)11-16-19-17(23-20-16)14-6-5-9-24-14/h5-10H,11H2,1-4H3. The van der Waals surface area contributed by atoms with Crippen molar-refractivity contribution in [2.75, 3.05) is 0 Å². The first-order chi connectivity index (χ1) is 11.7. The third kappa shape index (κ3) is 3.82. The van der Waals surface area contributed by atoms with Gasteiger partial charge >= 0.3 is 0 Å². The highest BCUT2D eigenvalue weighted by molar-refractivity contribution is 7.90. The van der Waals surface area contributed by atoms with E-state index in [4.69, 9.17) is 4.52 Å². The Morgan fingerprint density at radius 3 is 2.60 bits per heavy atom. The van der Waals surface area contributed by atoms with Crippen LogP contribution in [0.1, 0.15) is 37.7 Å². The minimum absolute atomic E-state index is 0.129. The smallest absolute Gasteiger partial charge is 0.268 e. The summed E-state index contributed by atoms with van der Waals surface area (Å²) in [6.07, 6.45) is 0. The number of hydrogen-bond donors (Lipinski definition) is 0.